The number of nitrogens with zero attached hydrogens (tertiary/aromatic N) is 1. The molecule has 0 spiro atoms. The van der Waals surface area contributed by atoms with Crippen molar-refractivity contribution in [3.05, 3.63) is 45.4 Å². The summed E-state index contributed by atoms with van der Waals surface area (Å²) in [7, 11) is 0. The van der Waals surface area contributed by atoms with E-state index in [-0.39, 0.29) is 0 Å². The maximum Gasteiger partial charge on any atom is 0.103 e. The van der Waals surface area contributed by atoms with Crippen LogP contribution < -0.4 is 0 Å². The number of rotatable bonds is 4. The molecule has 0 saturated heterocycles. The Morgan fingerprint density at radius 3 is 2.94 bits per heavy atom. The third-order valence-electron chi connectivity index (χ3n) is 1.89. The standard InChI is InChI=1S/C11H9Cl2NS2/c12-5-9-6-16-11(14-9)7-15-10-3-1-2-8(13)4-10/h1-4,6H,5,7H2. The van der Waals surface area contributed by atoms with E-state index in [4.69, 9.17) is 23.2 Å². The van der Waals surface area contributed by atoms with Gasteiger partial charge in [-0.15, -0.1) is 34.7 Å². The molecule has 0 aliphatic heterocycles. The number of benzene rings is 1. The van der Waals surface area contributed by atoms with Gasteiger partial charge in [-0.25, -0.2) is 4.98 Å². The fourth-order valence-electron chi connectivity index (χ4n) is 1.18. The molecule has 0 atom stereocenters. The zero-order chi connectivity index (χ0) is 11.4. The van der Waals surface area contributed by atoms with Crippen molar-refractivity contribution in [1.82, 2.24) is 4.98 Å². The molecule has 5 heteroatoms. The van der Waals surface area contributed by atoms with E-state index >= 15 is 0 Å². The minimum Gasteiger partial charge on any atom is -0.244 e. The summed E-state index contributed by atoms with van der Waals surface area (Å²) in [6.07, 6.45) is 0. The zero-order valence-corrected chi connectivity index (χ0v) is 11.5. The van der Waals surface area contributed by atoms with Crippen LogP contribution in [0.1, 0.15) is 10.7 Å². The Kier molecular flexibility index (Phi) is 4.53. The summed E-state index contributed by atoms with van der Waals surface area (Å²) in [4.78, 5) is 5.56. The third-order valence-corrected chi connectivity index (χ3v) is 4.49. The normalized spacial score (nSPS) is 10.6. The Hall–Kier alpha value is -0.220. The maximum atomic E-state index is 5.91. The molecular weight excluding hydrogens is 281 g/mol. The largest absolute Gasteiger partial charge is 0.244 e. The van der Waals surface area contributed by atoms with E-state index in [2.05, 4.69) is 4.98 Å². The molecule has 2 rings (SSSR count). The summed E-state index contributed by atoms with van der Waals surface area (Å²) in [5, 5.41) is 3.87. The van der Waals surface area contributed by atoms with Gasteiger partial charge in [-0.3, -0.25) is 0 Å². The first-order valence-electron chi connectivity index (χ1n) is 4.65. The Morgan fingerprint density at radius 2 is 2.25 bits per heavy atom. The maximum absolute atomic E-state index is 5.91. The Bertz CT molecular complexity index is 471. The third kappa shape index (κ3) is 3.39. The average molecular weight is 290 g/mol. The van der Waals surface area contributed by atoms with Crippen molar-refractivity contribution in [1.29, 1.82) is 0 Å². The van der Waals surface area contributed by atoms with Gasteiger partial charge < -0.3 is 0 Å². The summed E-state index contributed by atoms with van der Waals surface area (Å²) in [6, 6.07) is 7.84. The molecule has 1 aromatic carbocycles. The quantitative estimate of drug-likeness (QED) is 0.591. The van der Waals surface area contributed by atoms with E-state index < -0.39 is 0 Å². The molecule has 0 aliphatic carbocycles. The number of hydrogen-bond donors (Lipinski definition) is 0. The highest BCUT2D eigenvalue weighted by atomic mass is 35.5. The minimum absolute atomic E-state index is 0.484. The van der Waals surface area contributed by atoms with Gasteiger partial charge in [-0.05, 0) is 18.2 Å². The molecule has 0 fully saturated rings. The van der Waals surface area contributed by atoms with Crippen LogP contribution in [0.5, 0.6) is 0 Å². The van der Waals surface area contributed by atoms with Gasteiger partial charge in [0.25, 0.3) is 0 Å². The summed E-state index contributed by atoms with van der Waals surface area (Å²) >= 11 is 15.0. The van der Waals surface area contributed by atoms with Crippen molar-refractivity contribution in [3.63, 3.8) is 0 Å². The van der Waals surface area contributed by atoms with Gasteiger partial charge in [0.15, 0.2) is 0 Å². The van der Waals surface area contributed by atoms with Crippen molar-refractivity contribution in [2.24, 2.45) is 0 Å². The lowest BCUT2D eigenvalue weighted by Crippen LogP contribution is -1.81. The summed E-state index contributed by atoms with van der Waals surface area (Å²) in [6.45, 7) is 0. The Balaban J connectivity index is 1.96. The second-order valence-electron chi connectivity index (χ2n) is 3.11. The van der Waals surface area contributed by atoms with Crippen LogP contribution in [0.2, 0.25) is 5.02 Å². The second-order valence-corrected chi connectivity index (χ2v) is 5.81. The highest BCUT2D eigenvalue weighted by Crippen LogP contribution is 2.26. The summed E-state index contributed by atoms with van der Waals surface area (Å²) in [5.41, 5.74) is 0.952. The minimum atomic E-state index is 0.484. The molecule has 1 aromatic heterocycles. The van der Waals surface area contributed by atoms with Crippen LogP contribution in [0.4, 0.5) is 0 Å². The zero-order valence-electron chi connectivity index (χ0n) is 8.32. The molecule has 2 aromatic rings. The Labute approximate surface area is 113 Å². The predicted octanol–water partition coefficient (Wildman–Crippen LogP) is 4.83. The highest BCUT2D eigenvalue weighted by Gasteiger charge is 2.02. The molecule has 0 saturated carbocycles. The molecule has 0 aliphatic rings. The van der Waals surface area contributed by atoms with Gasteiger partial charge in [-0.2, -0.15) is 0 Å². The smallest absolute Gasteiger partial charge is 0.103 e. The molecule has 16 heavy (non-hydrogen) atoms. The molecule has 0 unspecified atom stereocenters. The van der Waals surface area contributed by atoms with Crippen molar-refractivity contribution in [2.75, 3.05) is 0 Å². The van der Waals surface area contributed by atoms with Crippen LogP contribution >= 0.6 is 46.3 Å². The van der Waals surface area contributed by atoms with E-state index in [0.717, 1.165) is 26.4 Å². The molecule has 1 nitrogen and oxygen atoms in total. The highest BCUT2D eigenvalue weighted by molar-refractivity contribution is 7.98. The van der Waals surface area contributed by atoms with Gasteiger partial charge in [0, 0.05) is 15.3 Å². The van der Waals surface area contributed by atoms with Crippen molar-refractivity contribution in [2.45, 2.75) is 16.5 Å². The van der Waals surface area contributed by atoms with E-state index in [1.54, 1.807) is 23.1 Å². The van der Waals surface area contributed by atoms with Crippen LogP contribution in [-0.2, 0) is 11.6 Å². The van der Waals surface area contributed by atoms with Gasteiger partial charge in [-0.1, -0.05) is 17.7 Å². The van der Waals surface area contributed by atoms with Crippen LogP contribution in [-0.4, -0.2) is 4.98 Å². The molecule has 0 amide bonds. The first-order valence-corrected chi connectivity index (χ1v) is 7.43. The predicted molar refractivity (Wildman–Crippen MR) is 72.7 cm³/mol. The number of hydrogen-bond acceptors (Lipinski definition) is 3. The first kappa shape index (κ1) is 12.2. The Morgan fingerprint density at radius 1 is 1.38 bits per heavy atom. The lowest BCUT2D eigenvalue weighted by atomic mass is 10.4. The van der Waals surface area contributed by atoms with Crippen molar-refractivity contribution >= 4 is 46.3 Å². The van der Waals surface area contributed by atoms with Crippen LogP contribution in [0.25, 0.3) is 0 Å². The topological polar surface area (TPSA) is 12.9 Å². The van der Waals surface area contributed by atoms with Crippen LogP contribution in [0, 0.1) is 0 Å². The molecule has 0 N–H and O–H groups in total. The van der Waals surface area contributed by atoms with E-state index in [9.17, 15) is 0 Å². The first-order chi connectivity index (χ1) is 7.78. The monoisotopic (exact) mass is 289 g/mol. The van der Waals surface area contributed by atoms with Gasteiger partial charge >= 0.3 is 0 Å². The lowest BCUT2D eigenvalue weighted by Gasteiger charge is -1.99. The van der Waals surface area contributed by atoms with Crippen LogP contribution in [0.3, 0.4) is 0 Å². The number of aromatic nitrogens is 1. The van der Waals surface area contributed by atoms with Crippen molar-refractivity contribution < 1.29 is 0 Å². The molecule has 1 heterocycles. The lowest BCUT2D eigenvalue weighted by molar-refractivity contribution is 1.16. The van der Waals surface area contributed by atoms with E-state index in [0.29, 0.717) is 5.88 Å². The number of thioether (sulfide) groups is 1. The van der Waals surface area contributed by atoms with Crippen LogP contribution in [0.15, 0.2) is 34.5 Å². The van der Waals surface area contributed by atoms with Gasteiger partial charge in [0.2, 0.25) is 0 Å². The summed E-state index contributed by atoms with van der Waals surface area (Å²) in [5.74, 6) is 1.35. The van der Waals surface area contributed by atoms with Crippen molar-refractivity contribution in [3.8, 4) is 0 Å². The number of thiazole rings is 1. The fraction of sp³-hybridized carbons (Fsp3) is 0.182. The SMILES string of the molecule is ClCc1csc(CSc2cccc(Cl)c2)n1. The van der Waals surface area contributed by atoms with E-state index in [1.807, 2.05) is 29.6 Å². The average Bonchev–Trinajstić information content (AvgIpc) is 2.74. The fourth-order valence-corrected chi connectivity index (χ4v) is 3.43. The molecule has 0 bridgehead atoms. The molecular formula is C11H9Cl2NS2. The van der Waals surface area contributed by atoms with Gasteiger partial charge in [0.05, 0.1) is 17.3 Å². The second kappa shape index (κ2) is 5.92. The van der Waals surface area contributed by atoms with Gasteiger partial charge in [0.1, 0.15) is 5.01 Å². The number of alkyl halides is 1. The molecule has 0 radical (unpaired) electrons. The summed E-state index contributed by atoms with van der Waals surface area (Å²) < 4.78 is 0. The number of halogens is 2. The molecule has 84 valence electrons. The van der Waals surface area contributed by atoms with E-state index in [1.165, 1.54) is 0 Å².